The first kappa shape index (κ1) is 15.5. The van der Waals surface area contributed by atoms with E-state index in [1.165, 1.54) is 12.1 Å². The van der Waals surface area contributed by atoms with Gasteiger partial charge >= 0.3 is 0 Å². The van der Waals surface area contributed by atoms with E-state index in [1.807, 2.05) is 0 Å². The lowest BCUT2D eigenvalue weighted by molar-refractivity contribution is -0.121. The zero-order valence-electron chi connectivity index (χ0n) is 11.7. The molecule has 2 rings (SSSR count). The molecule has 2 aromatic carbocycles. The van der Waals surface area contributed by atoms with E-state index in [0.717, 1.165) is 12.1 Å². The molecule has 0 aliphatic heterocycles. The highest BCUT2D eigenvalue weighted by molar-refractivity contribution is 5.95. The van der Waals surface area contributed by atoms with E-state index in [2.05, 4.69) is 10.9 Å². The predicted molar refractivity (Wildman–Crippen MR) is 78.4 cm³/mol. The average Bonchev–Trinajstić information content (AvgIpc) is 2.52. The standard InChI is InChI=1S/C16H15FN2O3/c17-13-8-5-12(6-9-13)16(22)19-18-15(21)10-7-11-3-1-2-4-14(11)20/h1-6,8-9,20H,7,10H2,(H,18,21)(H,19,22). The topological polar surface area (TPSA) is 78.4 Å². The van der Waals surface area contributed by atoms with Gasteiger partial charge in [-0.15, -0.1) is 0 Å². The number of carbonyl (C=O) groups is 2. The lowest BCUT2D eigenvalue weighted by Gasteiger charge is -2.08. The van der Waals surface area contributed by atoms with E-state index >= 15 is 0 Å². The lowest BCUT2D eigenvalue weighted by Crippen LogP contribution is -2.41. The van der Waals surface area contributed by atoms with Crippen molar-refractivity contribution in [2.75, 3.05) is 0 Å². The summed E-state index contributed by atoms with van der Waals surface area (Å²) in [6.45, 7) is 0. The molecule has 6 heteroatoms. The fourth-order valence-electron chi connectivity index (χ4n) is 1.83. The Hall–Kier alpha value is -2.89. The van der Waals surface area contributed by atoms with Crippen LogP contribution >= 0.6 is 0 Å². The molecule has 2 aromatic rings. The Morgan fingerprint density at radius 2 is 1.68 bits per heavy atom. The second-order valence-corrected chi connectivity index (χ2v) is 4.64. The first-order chi connectivity index (χ1) is 10.6. The monoisotopic (exact) mass is 302 g/mol. The molecule has 0 saturated heterocycles. The summed E-state index contributed by atoms with van der Waals surface area (Å²) in [4.78, 5) is 23.4. The maximum atomic E-state index is 12.7. The van der Waals surface area contributed by atoms with Crippen LogP contribution in [0, 0.1) is 5.82 Å². The van der Waals surface area contributed by atoms with Crippen LogP contribution < -0.4 is 10.9 Å². The van der Waals surface area contributed by atoms with Gasteiger partial charge in [-0.2, -0.15) is 0 Å². The SMILES string of the molecule is O=C(CCc1ccccc1O)NNC(=O)c1ccc(F)cc1. The highest BCUT2D eigenvalue weighted by atomic mass is 19.1. The van der Waals surface area contributed by atoms with Gasteiger partial charge in [0.15, 0.2) is 0 Å². The van der Waals surface area contributed by atoms with Crippen LogP contribution in [0.25, 0.3) is 0 Å². The van der Waals surface area contributed by atoms with Crippen molar-refractivity contribution in [3.05, 3.63) is 65.5 Å². The zero-order chi connectivity index (χ0) is 15.9. The number of aromatic hydroxyl groups is 1. The highest BCUT2D eigenvalue weighted by Crippen LogP contribution is 2.16. The van der Waals surface area contributed by atoms with Crippen LogP contribution in [0.5, 0.6) is 5.75 Å². The third-order valence-corrected chi connectivity index (χ3v) is 3.03. The van der Waals surface area contributed by atoms with E-state index in [9.17, 15) is 19.1 Å². The maximum Gasteiger partial charge on any atom is 0.269 e. The van der Waals surface area contributed by atoms with Crippen molar-refractivity contribution in [3.63, 3.8) is 0 Å². The smallest absolute Gasteiger partial charge is 0.269 e. The number of rotatable bonds is 4. The molecule has 0 heterocycles. The van der Waals surface area contributed by atoms with Gasteiger partial charge in [0.25, 0.3) is 5.91 Å². The number of hydrogen-bond acceptors (Lipinski definition) is 3. The number of phenolic OH excluding ortho intramolecular Hbond substituents is 1. The summed E-state index contributed by atoms with van der Waals surface area (Å²) in [6.07, 6.45) is 0.464. The van der Waals surface area contributed by atoms with Crippen molar-refractivity contribution in [1.82, 2.24) is 10.9 Å². The van der Waals surface area contributed by atoms with Gasteiger partial charge in [-0.3, -0.25) is 20.4 Å². The molecule has 0 aromatic heterocycles. The number of benzene rings is 2. The molecular formula is C16H15FN2O3. The average molecular weight is 302 g/mol. The fourth-order valence-corrected chi connectivity index (χ4v) is 1.83. The predicted octanol–water partition coefficient (Wildman–Crippen LogP) is 1.93. The fraction of sp³-hybridized carbons (Fsp3) is 0.125. The number of nitrogens with one attached hydrogen (secondary N) is 2. The summed E-state index contributed by atoms with van der Waals surface area (Å²) in [6, 6.07) is 11.7. The molecule has 0 saturated carbocycles. The van der Waals surface area contributed by atoms with Gasteiger partial charge in [0.2, 0.25) is 5.91 Å². The molecule has 114 valence electrons. The summed E-state index contributed by atoms with van der Waals surface area (Å²) < 4.78 is 12.7. The van der Waals surface area contributed by atoms with Crippen LogP contribution in [0.2, 0.25) is 0 Å². The summed E-state index contributed by atoms with van der Waals surface area (Å²) in [7, 11) is 0. The van der Waals surface area contributed by atoms with Gasteiger partial charge in [-0.1, -0.05) is 18.2 Å². The van der Waals surface area contributed by atoms with Crippen molar-refractivity contribution in [1.29, 1.82) is 0 Å². The Kier molecular flexibility index (Phi) is 5.08. The molecule has 0 fully saturated rings. The Morgan fingerprint density at radius 3 is 2.36 bits per heavy atom. The molecule has 0 aliphatic rings. The van der Waals surface area contributed by atoms with Gasteiger partial charge in [0, 0.05) is 12.0 Å². The number of aryl methyl sites for hydroxylation is 1. The molecule has 0 unspecified atom stereocenters. The van der Waals surface area contributed by atoms with Crippen molar-refractivity contribution in [2.45, 2.75) is 12.8 Å². The number of para-hydroxylation sites is 1. The van der Waals surface area contributed by atoms with Gasteiger partial charge in [0.05, 0.1) is 0 Å². The summed E-state index contributed by atoms with van der Waals surface area (Å²) in [5.74, 6) is -1.23. The van der Waals surface area contributed by atoms with Crippen LogP contribution in [-0.2, 0) is 11.2 Å². The largest absolute Gasteiger partial charge is 0.508 e. The Bertz CT molecular complexity index is 671. The molecule has 0 aliphatic carbocycles. The Morgan fingerprint density at radius 1 is 1.00 bits per heavy atom. The third kappa shape index (κ3) is 4.31. The normalized spacial score (nSPS) is 10.0. The van der Waals surface area contributed by atoms with Crippen molar-refractivity contribution < 1.29 is 19.1 Å². The molecule has 0 radical (unpaired) electrons. The number of halogens is 1. The van der Waals surface area contributed by atoms with Crippen molar-refractivity contribution in [3.8, 4) is 5.75 Å². The van der Waals surface area contributed by atoms with Crippen LogP contribution in [-0.4, -0.2) is 16.9 Å². The Balaban J connectivity index is 1.79. The number of hydrogen-bond donors (Lipinski definition) is 3. The summed E-state index contributed by atoms with van der Waals surface area (Å²) in [5, 5.41) is 9.58. The molecule has 5 nitrogen and oxygen atoms in total. The molecule has 0 bridgehead atoms. The van der Waals surface area contributed by atoms with E-state index in [1.54, 1.807) is 24.3 Å². The van der Waals surface area contributed by atoms with E-state index in [4.69, 9.17) is 0 Å². The zero-order valence-corrected chi connectivity index (χ0v) is 11.7. The van der Waals surface area contributed by atoms with Crippen LogP contribution in [0.3, 0.4) is 0 Å². The van der Waals surface area contributed by atoms with Gasteiger partial charge in [0.1, 0.15) is 11.6 Å². The minimum Gasteiger partial charge on any atom is -0.508 e. The van der Waals surface area contributed by atoms with Crippen LogP contribution in [0.15, 0.2) is 48.5 Å². The number of carbonyl (C=O) groups excluding carboxylic acids is 2. The molecule has 0 spiro atoms. The highest BCUT2D eigenvalue weighted by Gasteiger charge is 2.08. The molecule has 3 N–H and O–H groups in total. The third-order valence-electron chi connectivity index (χ3n) is 3.03. The Labute approximate surface area is 126 Å². The van der Waals surface area contributed by atoms with Gasteiger partial charge in [-0.25, -0.2) is 4.39 Å². The van der Waals surface area contributed by atoms with Gasteiger partial charge < -0.3 is 5.11 Å². The first-order valence-corrected chi connectivity index (χ1v) is 6.68. The van der Waals surface area contributed by atoms with E-state index in [-0.39, 0.29) is 17.7 Å². The molecule has 2 amide bonds. The van der Waals surface area contributed by atoms with Crippen LogP contribution in [0.1, 0.15) is 22.3 Å². The van der Waals surface area contributed by atoms with Crippen molar-refractivity contribution in [2.24, 2.45) is 0 Å². The summed E-state index contributed by atoms with van der Waals surface area (Å²) in [5.41, 5.74) is 5.41. The number of hydrazine groups is 1. The van der Waals surface area contributed by atoms with Crippen LogP contribution in [0.4, 0.5) is 4.39 Å². The number of phenols is 1. The minimum atomic E-state index is -0.532. The molecular weight excluding hydrogens is 287 g/mol. The molecule has 22 heavy (non-hydrogen) atoms. The first-order valence-electron chi connectivity index (χ1n) is 6.68. The second kappa shape index (κ2) is 7.21. The quantitative estimate of drug-likeness (QED) is 0.755. The van der Waals surface area contributed by atoms with E-state index < -0.39 is 17.6 Å². The molecule has 0 atom stereocenters. The number of amides is 2. The lowest BCUT2D eigenvalue weighted by atomic mass is 10.1. The van der Waals surface area contributed by atoms with Crippen molar-refractivity contribution >= 4 is 11.8 Å². The second-order valence-electron chi connectivity index (χ2n) is 4.64. The minimum absolute atomic E-state index is 0.112. The maximum absolute atomic E-state index is 12.7. The van der Waals surface area contributed by atoms with Gasteiger partial charge in [-0.05, 0) is 42.3 Å². The summed E-state index contributed by atoms with van der Waals surface area (Å²) >= 11 is 0. The van der Waals surface area contributed by atoms with E-state index in [0.29, 0.717) is 12.0 Å².